The molecular weight excluding hydrogens is 336 g/mol. The molecule has 2 aliphatic rings. The molecule has 0 spiro atoms. The lowest BCUT2D eigenvalue weighted by Gasteiger charge is -2.29. The van der Waals surface area contributed by atoms with Gasteiger partial charge in [-0.3, -0.25) is 0 Å². The molecule has 0 saturated heterocycles. The van der Waals surface area contributed by atoms with Gasteiger partial charge in [0.15, 0.2) is 0 Å². The van der Waals surface area contributed by atoms with E-state index in [1.807, 2.05) is 25.7 Å². The summed E-state index contributed by atoms with van der Waals surface area (Å²) >= 11 is 0. The van der Waals surface area contributed by atoms with Gasteiger partial charge in [0.2, 0.25) is 0 Å². The van der Waals surface area contributed by atoms with Gasteiger partial charge < -0.3 is 15.0 Å². The number of anilines is 1. The predicted molar refractivity (Wildman–Crippen MR) is 112 cm³/mol. The summed E-state index contributed by atoms with van der Waals surface area (Å²) in [5.41, 5.74) is 6.92. The minimum absolute atomic E-state index is 0.178. The molecule has 1 aromatic carbocycles. The Kier molecular flexibility index (Phi) is 6.02. The summed E-state index contributed by atoms with van der Waals surface area (Å²) in [5, 5.41) is 3.71. The third-order valence-electron chi connectivity index (χ3n) is 5.90. The van der Waals surface area contributed by atoms with Crippen molar-refractivity contribution in [1.29, 1.82) is 0 Å². The number of benzene rings is 1. The number of hydrogen-bond acceptors (Lipinski definition) is 3. The van der Waals surface area contributed by atoms with E-state index < -0.39 is 5.60 Å². The molecule has 2 heterocycles. The van der Waals surface area contributed by atoms with Crippen LogP contribution in [0, 0.1) is 0 Å². The number of amides is 1. The molecule has 0 unspecified atom stereocenters. The maximum atomic E-state index is 12.6. The fourth-order valence-corrected chi connectivity index (χ4v) is 4.55. The van der Waals surface area contributed by atoms with Crippen molar-refractivity contribution in [3.05, 3.63) is 28.3 Å². The maximum Gasteiger partial charge on any atom is 0.410 e. The number of nitrogens with zero attached hydrogens (tertiary/aromatic N) is 1. The minimum Gasteiger partial charge on any atom is -0.444 e. The van der Waals surface area contributed by atoms with Crippen molar-refractivity contribution in [3.63, 3.8) is 0 Å². The van der Waals surface area contributed by atoms with Gasteiger partial charge in [-0.15, -0.1) is 0 Å². The van der Waals surface area contributed by atoms with E-state index in [1.165, 1.54) is 35.2 Å². The lowest BCUT2D eigenvalue weighted by Crippen LogP contribution is -2.38. The smallest absolute Gasteiger partial charge is 0.410 e. The Labute approximate surface area is 164 Å². The Bertz CT molecular complexity index is 687. The van der Waals surface area contributed by atoms with E-state index in [0.29, 0.717) is 5.92 Å². The third-order valence-corrected chi connectivity index (χ3v) is 5.90. The zero-order valence-corrected chi connectivity index (χ0v) is 17.8. The first-order chi connectivity index (χ1) is 12.8. The van der Waals surface area contributed by atoms with E-state index in [-0.39, 0.29) is 6.09 Å². The van der Waals surface area contributed by atoms with Crippen molar-refractivity contribution in [1.82, 2.24) is 4.90 Å². The fraction of sp³-hybridized carbons (Fsp3) is 0.696. The van der Waals surface area contributed by atoms with E-state index in [9.17, 15) is 4.79 Å². The van der Waals surface area contributed by atoms with Gasteiger partial charge in [0.05, 0.1) is 0 Å². The van der Waals surface area contributed by atoms with Crippen LogP contribution in [0.4, 0.5) is 10.5 Å². The average molecular weight is 373 g/mol. The number of fused-ring (bicyclic) bond motifs is 2. The molecule has 0 atom stereocenters. The quantitative estimate of drug-likeness (QED) is 0.784. The molecule has 0 aromatic heterocycles. The number of nitrogens with one attached hydrogen (secondary N) is 1. The van der Waals surface area contributed by atoms with Gasteiger partial charge in [-0.05, 0) is 87.5 Å². The fourth-order valence-electron chi connectivity index (χ4n) is 4.55. The molecule has 0 saturated carbocycles. The second-order valence-corrected chi connectivity index (χ2v) is 8.97. The van der Waals surface area contributed by atoms with Crippen molar-refractivity contribution in [2.24, 2.45) is 0 Å². The Hall–Kier alpha value is -1.71. The zero-order valence-electron chi connectivity index (χ0n) is 17.8. The summed E-state index contributed by atoms with van der Waals surface area (Å²) in [6.07, 6.45) is 6.37. The predicted octanol–water partition coefficient (Wildman–Crippen LogP) is 5.28. The van der Waals surface area contributed by atoms with Crippen LogP contribution in [0.25, 0.3) is 0 Å². The van der Waals surface area contributed by atoms with Gasteiger partial charge in [-0.25, -0.2) is 4.79 Å². The monoisotopic (exact) mass is 372 g/mol. The van der Waals surface area contributed by atoms with Gasteiger partial charge >= 0.3 is 6.09 Å². The summed E-state index contributed by atoms with van der Waals surface area (Å²) in [5.74, 6) is 0.590. The molecule has 1 amide bonds. The molecule has 2 aliphatic heterocycles. The highest BCUT2D eigenvalue weighted by molar-refractivity contribution is 5.69. The molecule has 150 valence electrons. The summed E-state index contributed by atoms with van der Waals surface area (Å²) < 4.78 is 5.63. The summed E-state index contributed by atoms with van der Waals surface area (Å²) in [6, 6.07) is 2.42. The minimum atomic E-state index is -0.445. The van der Waals surface area contributed by atoms with Crippen LogP contribution >= 0.6 is 0 Å². The van der Waals surface area contributed by atoms with Crippen molar-refractivity contribution in [2.75, 3.05) is 25.0 Å². The molecule has 0 radical (unpaired) electrons. The van der Waals surface area contributed by atoms with Crippen molar-refractivity contribution in [2.45, 2.75) is 84.7 Å². The molecule has 0 fully saturated rings. The Balaban J connectivity index is 1.93. The number of hydrogen-bond donors (Lipinski definition) is 1. The summed E-state index contributed by atoms with van der Waals surface area (Å²) in [7, 11) is 0. The van der Waals surface area contributed by atoms with Crippen LogP contribution in [0.5, 0.6) is 0 Å². The lowest BCUT2D eigenvalue weighted by atomic mass is 9.81. The topological polar surface area (TPSA) is 41.6 Å². The first kappa shape index (κ1) is 20.0. The summed E-state index contributed by atoms with van der Waals surface area (Å²) in [4.78, 5) is 14.5. The van der Waals surface area contributed by atoms with Crippen molar-refractivity contribution < 1.29 is 9.53 Å². The SMILES string of the molecule is CCC(CC)c1c2c(cc3c1NCCC3)CCN(C(=O)OC(C)(C)C)CC2. The maximum absolute atomic E-state index is 12.6. The molecule has 0 aliphatic carbocycles. The molecule has 0 bridgehead atoms. The van der Waals surface area contributed by atoms with E-state index in [1.54, 1.807) is 5.56 Å². The van der Waals surface area contributed by atoms with E-state index in [0.717, 1.165) is 45.3 Å². The second-order valence-electron chi connectivity index (χ2n) is 8.97. The molecule has 1 N–H and O–H groups in total. The highest BCUT2D eigenvalue weighted by Crippen LogP contribution is 2.40. The molecule has 27 heavy (non-hydrogen) atoms. The first-order valence-corrected chi connectivity index (χ1v) is 10.7. The van der Waals surface area contributed by atoms with E-state index in [4.69, 9.17) is 4.74 Å². The molecule has 1 aromatic rings. The van der Waals surface area contributed by atoms with Crippen LogP contribution in [0.1, 0.15) is 82.1 Å². The van der Waals surface area contributed by atoms with Gasteiger partial charge in [0.1, 0.15) is 5.60 Å². The van der Waals surface area contributed by atoms with Crippen LogP contribution in [-0.2, 0) is 24.0 Å². The highest BCUT2D eigenvalue weighted by Gasteiger charge is 2.29. The Morgan fingerprint density at radius 3 is 2.52 bits per heavy atom. The van der Waals surface area contributed by atoms with E-state index >= 15 is 0 Å². The number of carbonyl (C=O) groups excluding carboxylic acids is 1. The van der Waals surface area contributed by atoms with Crippen LogP contribution in [0.15, 0.2) is 6.07 Å². The first-order valence-electron chi connectivity index (χ1n) is 10.7. The van der Waals surface area contributed by atoms with Crippen molar-refractivity contribution in [3.8, 4) is 0 Å². The largest absolute Gasteiger partial charge is 0.444 e. The van der Waals surface area contributed by atoms with Crippen LogP contribution in [-0.4, -0.2) is 36.2 Å². The molecule has 4 nitrogen and oxygen atoms in total. The van der Waals surface area contributed by atoms with Crippen LogP contribution < -0.4 is 5.32 Å². The van der Waals surface area contributed by atoms with E-state index in [2.05, 4.69) is 25.2 Å². The second kappa shape index (κ2) is 8.12. The molecular formula is C23H36N2O2. The van der Waals surface area contributed by atoms with Crippen LogP contribution in [0.3, 0.4) is 0 Å². The number of aryl methyl sites for hydroxylation is 1. The highest BCUT2D eigenvalue weighted by atomic mass is 16.6. The standard InChI is InChI=1S/C23H36N2O2/c1-6-16(7-2)20-19-11-14-25(22(26)27-23(3,4)5)13-10-17(19)15-18-9-8-12-24-21(18)20/h15-16,24H,6-14H2,1-5H3. The van der Waals surface area contributed by atoms with Crippen LogP contribution in [0.2, 0.25) is 0 Å². The third kappa shape index (κ3) is 4.41. The summed E-state index contributed by atoms with van der Waals surface area (Å²) in [6.45, 7) is 13.0. The van der Waals surface area contributed by atoms with Gasteiger partial charge in [0, 0.05) is 25.3 Å². The lowest BCUT2D eigenvalue weighted by molar-refractivity contribution is 0.0258. The zero-order chi connectivity index (χ0) is 19.6. The average Bonchev–Trinajstić information content (AvgIpc) is 2.83. The number of rotatable bonds is 3. The van der Waals surface area contributed by atoms with Gasteiger partial charge in [-0.1, -0.05) is 19.9 Å². The Morgan fingerprint density at radius 1 is 1.15 bits per heavy atom. The molecule has 3 rings (SSSR count). The Morgan fingerprint density at radius 2 is 1.85 bits per heavy atom. The molecule has 4 heteroatoms. The van der Waals surface area contributed by atoms with Crippen molar-refractivity contribution >= 4 is 11.8 Å². The normalized spacial score (nSPS) is 17.0. The number of carbonyl (C=O) groups is 1. The van der Waals surface area contributed by atoms with Gasteiger partial charge in [0.25, 0.3) is 0 Å². The number of ether oxygens (including phenoxy) is 1. The van der Waals surface area contributed by atoms with Gasteiger partial charge in [-0.2, -0.15) is 0 Å².